The lowest BCUT2D eigenvalue weighted by molar-refractivity contribution is 0.414. The van der Waals surface area contributed by atoms with Crippen LogP contribution < -0.4 is 9.64 Å². The van der Waals surface area contributed by atoms with Crippen molar-refractivity contribution in [2.45, 2.75) is 59.9 Å². The summed E-state index contributed by atoms with van der Waals surface area (Å²) in [4.78, 5) is 7.73. The van der Waals surface area contributed by atoms with Crippen molar-refractivity contribution in [3.63, 3.8) is 0 Å². The zero-order valence-electron chi connectivity index (χ0n) is 21.0. The first kappa shape index (κ1) is 22.5. The van der Waals surface area contributed by atoms with Crippen molar-refractivity contribution in [1.82, 2.24) is 14.6 Å². The van der Waals surface area contributed by atoms with Crippen molar-refractivity contribution in [1.29, 1.82) is 0 Å². The number of rotatable bonds is 7. The topological polar surface area (TPSA) is 42.7 Å². The van der Waals surface area contributed by atoms with Gasteiger partial charge in [0, 0.05) is 29.9 Å². The normalized spacial score (nSPS) is 12.9. The number of nitrogens with zero attached hydrogens (tertiary/aromatic N) is 4. The van der Waals surface area contributed by atoms with Gasteiger partial charge in [0.15, 0.2) is 5.65 Å². The molecule has 0 bridgehead atoms. The molecular weight excluding hydrogens is 420 g/mol. The van der Waals surface area contributed by atoms with Crippen molar-refractivity contribution >= 4 is 11.5 Å². The van der Waals surface area contributed by atoms with E-state index < -0.39 is 0 Å². The van der Waals surface area contributed by atoms with Crippen molar-refractivity contribution in [3.05, 3.63) is 76.1 Å². The summed E-state index contributed by atoms with van der Waals surface area (Å²) in [6.07, 6.45) is 4.34. The fourth-order valence-electron chi connectivity index (χ4n) is 5.32. The second-order valence-corrected chi connectivity index (χ2v) is 9.44. The Bertz CT molecular complexity index is 1350. The van der Waals surface area contributed by atoms with Gasteiger partial charge in [-0.2, -0.15) is 9.61 Å². The molecule has 34 heavy (non-hydrogen) atoms. The van der Waals surface area contributed by atoms with Crippen LogP contribution in [-0.2, 0) is 19.4 Å². The molecule has 2 heterocycles. The van der Waals surface area contributed by atoms with Gasteiger partial charge in [-0.25, -0.2) is 4.98 Å². The highest BCUT2D eigenvalue weighted by Crippen LogP contribution is 2.38. The molecule has 5 rings (SSSR count). The highest BCUT2D eigenvalue weighted by molar-refractivity contribution is 5.83. The first-order valence-corrected chi connectivity index (χ1v) is 12.4. The van der Waals surface area contributed by atoms with Gasteiger partial charge in [-0.05, 0) is 80.8 Å². The van der Waals surface area contributed by atoms with Crippen LogP contribution in [0.15, 0.2) is 42.5 Å². The zero-order chi connectivity index (χ0) is 23.8. The molecule has 176 valence electrons. The minimum absolute atomic E-state index is 0.872. The molecule has 0 saturated heterocycles. The van der Waals surface area contributed by atoms with Gasteiger partial charge < -0.3 is 9.64 Å². The van der Waals surface area contributed by atoms with Crippen LogP contribution in [0.25, 0.3) is 16.8 Å². The van der Waals surface area contributed by atoms with Crippen LogP contribution in [0, 0.1) is 20.8 Å². The van der Waals surface area contributed by atoms with Crippen LogP contribution in [0.2, 0.25) is 0 Å². The minimum atomic E-state index is 0.872. The molecule has 0 unspecified atom stereocenters. The molecule has 5 nitrogen and oxygen atoms in total. The molecule has 0 radical (unpaired) electrons. The number of ether oxygens (including phenoxy) is 1. The van der Waals surface area contributed by atoms with Crippen LogP contribution in [0.1, 0.15) is 53.4 Å². The zero-order valence-corrected chi connectivity index (χ0v) is 21.0. The minimum Gasteiger partial charge on any atom is -0.497 e. The standard InChI is InChI=1S/C29H34N4O/c1-6-16-32(18-22-11-8-7-10-19(22)2)29-25-12-9-13-26(25)30-28-27(21(4)31-33(28)29)24-15-14-23(34-5)17-20(24)3/h7-8,10-11,14-15,17H,6,9,12-13,16,18H2,1-5H3. The van der Waals surface area contributed by atoms with E-state index in [1.165, 1.54) is 39.3 Å². The van der Waals surface area contributed by atoms with Crippen molar-refractivity contribution in [3.8, 4) is 16.9 Å². The Kier molecular flexibility index (Phi) is 6.03. The van der Waals surface area contributed by atoms with E-state index in [1.54, 1.807) is 7.11 Å². The molecule has 1 aliphatic rings. The third-order valence-corrected chi connectivity index (χ3v) is 7.05. The Morgan fingerprint density at radius 1 is 1.03 bits per heavy atom. The Morgan fingerprint density at radius 2 is 1.85 bits per heavy atom. The number of benzene rings is 2. The summed E-state index contributed by atoms with van der Waals surface area (Å²) < 4.78 is 7.58. The maximum absolute atomic E-state index is 5.45. The second-order valence-electron chi connectivity index (χ2n) is 9.44. The molecule has 1 aliphatic carbocycles. The molecule has 0 atom stereocenters. The quantitative estimate of drug-likeness (QED) is 0.332. The maximum Gasteiger partial charge on any atom is 0.165 e. The molecule has 5 heteroatoms. The van der Waals surface area contributed by atoms with Gasteiger partial charge in [-0.15, -0.1) is 0 Å². The first-order chi connectivity index (χ1) is 16.5. The van der Waals surface area contributed by atoms with E-state index in [2.05, 4.69) is 73.5 Å². The molecule has 0 saturated carbocycles. The molecule has 0 spiro atoms. The Labute approximate surface area is 202 Å². The molecule has 2 aromatic heterocycles. The van der Waals surface area contributed by atoms with E-state index in [-0.39, 0.29) is 0 Å². The number of methoxy groups -OCH3 is 1. The summed E-state index contributed by atoms with van der Waals surface area (Å²) in [6.45, 7) is 10.6. The predicted octanol–water partition coefficient (Wildman–Crippen LogP) is 6.24. The van der Waals surface area contributed by atoms with E-state index >= 15 is 0 Å². The van der Waals surface area contributed by atoms with Crippen LogP contribution in [0.5, 0.6) is 5.75 Å². The number of aromatic nitrogens is 3. The lowest BCUT2D eigenvalue weighted by Gasteiger charge is -2.28. The first-order valence-electron chi connectivity index (χ1n) is 12.4. The van der Waals surface area contributed by atoms with Gasteiger partial charge in [0.25, 0.3) is 0 Å². The fourth-order valence-corrected chi connectivity index (χ4v) is 5.32. The van der Waals surface area contributed by atoms with E-state index in [9.17, 15) is 0 Å². The van der Waals surface area contributed by atoms with Crippen molar-refractivity contribution in [2.75, 3.05) is 18.6 Å². The van der Waals surface area contributed by atoms with Crippen molar-refractivity contribution < 1.29 is 4.74 Å². The van der Waals surface area contributed by atoms with E-state index in [4.69, 9.17) is 14.8 Å². The van der Waals surface area contributed by atoms with Gasteiger partial charge in [-0.1, -0.05) is 37.3 Å². The highest BCUT2D eigenvalue weighted by atomic mass is 16.5. The smallest absolute Gasteiger partial charge is 0.165 e. The monoisotopic (exact) mass is 454 g/mol. The Morgan fingerprint density at radius 3 is 2.59 bits per heavy atom. The van der Waals surface area contributed by atoms with Crippen molar-refractivity contribution in [2.24, 2.45) is 0 Å². The van der Waals surface area contributed by atoms with Gasteiger partial charge in [0.1, 0.15) is 11.6 Å². The fraction of sp³-hybridized carbons (Fsp3) is 0.379. The van der Waals surface area contributed by atoms with Crippen LogP contribution >= 0.6 is 0 Å². The maximum atomic E-state index is 5.45. The number of hydrogen-bond acceptors (Lipinski definition) is 4. The molecule has 0 fully saturated rings. The molecular formula is C29H34N4O. The largest absolute Gasteiger partial charge is 0.497 e. The van der Waals surface area contributed by atoms with Gasteiger partial charge in [-0.3, -0.25) is 0 Å². The van der Waals surface area contributed by atoms with Gasteiger partial charge in [0.05, 0.1) is 12.8 Å². The average molecular weight is 455 g/mol. The SMILES string of the molecule is CCCN(Cc1ccccc1C)c1c2c(nc3c(-c4ccc(OC)cc4C)c(C)nn13)CCC2. The summed E-state index contributed by atoms with van der Waals surface area (Å²) in [5.41, 5.74) is 10.8. The number of aryl methyl sites for hydroxylation is 4. The van der Waals surface area contributed by atoms with Gasteiger partial charge >= 0.3 is 0 Å². The lowest BCUT2D eigenvalue weighted by atomic mass is 10.0. The van der Waals surface area contributed by atoms with Gasteiger partial charge in [0.2, 0.25) is 0 Å². The summed E-state index contributed by atoms with van der Waals surface area (Å²) in [6, 6.07) is 15.0. The highest BCUT2D eigenvalue weighted by Gasteiger charge is 2.27. The predicted molar refractivity (Wildman–Crippen MR) is 139 cm³/mol. The number of anilines is 1. The van der Waals surface area contributed by atoms with E-state index in [0.29, 0.717) is 0 Å². The van der Waals surface area contributed by atoms with Crippen LogP contribution in [0.3, 0.4) is 0 Å². The average Bonchev–Trinajstić information content (AvgIpc) is 3.42. The summed E-state index contributed by atoms with van der Waals surface area (Å²) in [7, 11) is 1.71. The van der Waals surface area contributed by atoms with Crippen LogP contribution in [0.4, 0.5) is 5.82 Å². The number of fused-ring (bicyclic) bond motifs is 2. The number of hydrogen-bond donors (Lipinski definition) is 0. The lowest BCUT2D eigenvalue weighted by Crippen LogP contribution is -2.28. The molecule has 0 N–H and O–H groups in total. The second kappa shape index (κ2) is 9.13. The third-order valence-electron chi connectivity index (χ3n) is 7.05. The third kappa shape index (κ3) is 3.83. The Balaban J connectivity index is 1.72. The van der Waals surface area contributed by atoms with Crippen LogP contribution in [-0.4, -0.2) is 28.3 Å². The molecule has 0 amide bonds. The molecule has 2 aromatic carbocycles. The Hall–Kier alpha value is -3.34. The molecule has 4 aromatic rings. The summed E-state index contributed by atoms with van der Waals surface area (Å²) >= 11 is 0. The molecule has 0 aliphatic heterocycles. The summed E-state index contributed by atoms with van der Waals surface area (Å²) in [5.74, 6) is 2.10. The van der Waals surface area contributed by atoms with E-state index in [0.717, 1.165) is 61.4 Å². The van der Waals surface area contributed by atoms with E-state index in [1.807, 2.05) is 6.07 Å². The summed E-state index contributed by atoms with van der Waals surface area (Å²) in [5, 5.41) is 5.10.